The minimum absolute atomic E-state index is 0.108. The monoisotopic (exact) mass is 755 g/mol. The van der Waals surface area contributed by atoms with E-state index >= 15 is 0 Å². The van der Waals surface area contributed by atoms with Crippen LogP contribution < -0.4 is 16.4 Å². The first kappa shape index (κ1) is 41.2. The first-order valence-electron chi connectivity index (χ1n) is 17.4. The second-order valence-electron chi connectivity index (χ2n) is 14.4. The number of ketones is 1. The van der Waals surface area contributed by atoms with Crippen molar-refractivity contribution in [1.82, 2.24) is 10.6 Å². The van der Waals surface area contributed by atoms with Crippen molar-refractivity contribution in [3.8, 4) is 0 Å². The maximum atomic E-state index is 14.9. The molecular formula is C42H49N3O6S2. The van der Waals surface area contributed by atoms with Gasteiger partial charge >= 0.3 is 12.1 Å². The molecule has 4 rings (SSSR count). The Hall–Kier alpha value is -4.58. The van der Waals surface area contributed by atoms with Crippen molar-refractivity contribution in [2.45, 2.75) is 80.2 Å². The summed E-state index contributed by atoms with van der Waals surface area (Å²) in [4.78, 5) is 53.8. The van der Waals surface area contributed by atoms with Crippen LogP contribution in [0.2, 0.25) is 0 Å². The molecule has 2 unspecified atom stereocenters. The Morgan fingerprint density at radius 3 is 1.57 bits per heavy atom. The fraction of sp³-hybridized carbons (Fsp3) is 0.333. The molecule has 9 nitrogen and oxygen atoms in total. The summed E-state index contributed by atoms with van der Waals surface area (Å²) in [5.41, 5.74) is 9.12. The van der Waals surface area contributed by atoms with Gasteiger partial charge < -0.3 is 26.2 Å². The number of carbonyl (C=O) groups is 4. The van der Waals surface area contributed by atoms with Gasteiger partial charge in [0.2, 0.25) is 5.91 Å². The highest BCUT2D eigenvalue weighted by Crippen LogP contribution is 2.49. The van der Waals surface area contributed by atoms with Crippen molar-refractivity contribution in [2.24, 2.45) is 5.73 Å². The second-order valence-corrected chi connectivity index (χ2v) is 16.8. The van der Waals surface area contributed by atoms with E-state index in [0.717, 1.165) is 16.7 Å². The third-order valence-corrected chi connectivity index (χ3v) is 10.6. The molecule has 0 aliphatic rings. The molecule has 11 heteroatoms. The Labute approximate surface area is 321 Å². The third-order valence-electron chi connectivity index (χ3n) is 8.65. The fourth-order valence-electron chi connectivity index (χ4n) is 6.12. The van der Waals surface area contributed by atoms with Gasteiger partial charge in [-0.05, 0) is 63.3 Å². The number of thioether (sulfide) groups is 1. The molecule has 0 bridgehead atoms. The number of hydrogen-bond acceptors (Lipinski definition) is 8. The third kappa shape index (κ3) is 11.0. The minimum atomic E-state index is -1.34. The van der Waals surface area contributed by atoms with Crippen LogP contribution in [0.1, 0.15) is 69.2 Å². The lowest BCUT2D eigenvalue weighted by molar-refractivity contribution is -0.142. The minimum Gasteiger partial charge on any atom is -0.480 e. The summed E-state index contributed by atoms with van der Waals surface area (Å²) in [7, 11) is 0. The zero-order chi connectivity index (χ0) is 38.8. The number of thiol groups is 1. The van der Waals surface area contributed by atoms with E-state index in [0.29, 0.717) is 5.56 Å². The Morgan fingerprint density at radius 1 is 0.736 bits per heavy atom. The van der Waals surface area contributed by atoms with Crippen LogP contribution in [0.4, 0.5) is 4.79 Å². The maximum Gasteiger partial charge on any atom is 0.408 e. The van der Waals surface area contributed by atoms with Crippen molar-refractivity contribution < 1.29 is 29.0 Å². The highest BCUT2D eigenvalue weighted by molar-refractivity contribution is 8.00. The second kappa shape index (κ2) is 18.0. The van der Waals surface area contributed by atoms with E-state index in [1.165, 1.54) is 11.8 Å². The zero-order valence-corrected chi connectivity index (χ0v) is 32.4. The summed E-state index contributed by atoms with van der Waals surface area (Å²) in [6.07, 6.45) is -0.929. The fourth-order valence-corrected chi connectivity index (χ4v) is 7.86. The number of ether oxygens (including phenoxy) is 1. The largest absolute Gasteiger partial charge is 0.480 e. The molecule has 0 saturated carbocycles. The molecule has 0 saturated heterocycles. The van der Waals surface area contributed by atoms with Gasteiger partial charge in [0.05, 0.1) is 10.8 Å². The number of nitrogens with one attached hydrogen (secondary N) is 2. The SMILES string of the molecule is CC(C)(C)OC(=O)N[C@H](CSC(c1ccccc1)(c1ccccc1)c1ccccc1)C(=O)C(CC(N)C(=O)N[C@@H](C(=O)O)C(C)(C)S)c1ccccc1. The number of Topliss-reactive ketones (excluding diaryl/α,β-unsaturated/α-hetero) is 1. The Morgan fingerprint density at radius 2 is 1.17 bits per heavy atom. The van der Waals surface area contributed by atoms with Gasteiger partial charge in [-0.3, -0.25) is 9.59 Å². The molecule has 280 valence electrons. The Kier molecular flexibility index (Phi) is 14.0. The Bertz CT molecular complexity index is 1720. The van der Waals surface area contributed by atoms with Gasteiger partial charge in [0, 0.05) is 16.4 Å². The van der Waals surface area contributed by atoms with Crippen LogP contribution in [0.15, 0.2) is 121 Å². The van der Waals surface area contributed by atoms with E-state index in [1.807, 2.05) is 97.1 Å². The molecule has 0 heterocycles. The number of carboxylic acid groups (broad SMARTS) is 1. The lowest BCUT2D eigenvalue weighted by atomic mass is 9.84. The number of alkyl carbamates (subject to hydrolysis) is 1. The van der Waals surface area contributed by atoms with Crippen molar-refractivity contribution in [3.05, 3.63) is 144 Å². The smallest absolute Gasteiger partial charge is 0.408 e. The quantitative estimate of drug-likeness (QED) is 0.0610. The van der Waals surface area contributed by atoms with Crippen molar-refractivity contribution in [1.29, 1.82) is 0 Å². The number of hydrogen-bond donors (Lipinski definition) is 5. The number of nitrogens with two attached hydrogens (primary N) is 1. The molecule has 4 aromatic carbocycles. The van der Waals surface area contributed by atoms with Crippen LogP contribution in [0, 0.1) is 0 Å². The van der Waals surface area contributed by atoms with E-state index < -0.39 is 57.1 Å². The van der Waals surface area contributed by atoms with Gasteiger partial charge in [0.25, 0.3) is 0 Å². The molecule has 4 aromatic rings. The van der Waals surface area contributed by atoms with E-state index in [-0.39, 0.29) is 18.0 Å². The molecule has 0 aliphatic heterocycles. The predicted molar refractivity (Wildman–Crippen MR) is 214 cm³/mol. The number of carbonyl (C=O) groups excluding carboxylic acids is 3. The molecule has 4 atom stereocenters. The lowest BCUT2D eigenvalue weighted by Crippen LogP contribution is -2.56. The van der Waals surface area contributed by atoms with E-state index in [1.54, 1.807) is 58.9 Å². The van der Waals surface area contributed by atoms with Crippen LogP contribution in [0.25, 0.3) is 0 Å². The molecule has 0 fully saturated rings. The summed E-state index contributed by atoms with van der Waals surface area (Å²) < 4.78 is 3.74. The normalized spacial score (nSPS) is 14.2. The standard InChI is InChI=1S/C42H49N3O6S2/c1-40(2,3)51-39(50)44-34(27-53-42(29-20-12-7-13-21-29,30-22-14-8-15-23-30)31-24-16-9-17-25-31)35(46)32(28-18-10-6-11-19-28)26-33(43)37(47)45-36(38(48)49)41(4,5)52/h6-25,32-34,36,52H,26-27,43H2,1-5H3,(H,44,50)(H,45,47)(H,48,49)/t32?,33?,34-,36+/m1/s1. The van der Waals surface area contributed by atoms with Gasteiger partial charge in [0.1, 0.15) is 17.7 Å². The summed E-state index contributed by atoms with van der Waals surface area (Å²) in [6, 6.07) is 35.2. The van der Waals surface area contributed by atoms with Crippen LogP contribution in [0.3, 0.4) is 0 Å². The van der Waals surface area contributed by atoms with Crippen LogP contribution in [-0.4, -0.2) is 63.1 Å². The first-order valence-corrected chi connectivity index (χ1v) is 18.9. The zero-order valence-electron chi connectivity index (χ0n) is 30.7. The van der Waals surface area contributed by atoms with Gasteiger partial charge in [-0.1, -0.05) is 121 Å². The average molecular weight is 756 g/mol. The Balaban J connectivity index is 1.78. The molecule has 0 aliphatic carbocycles. The number of amides is 2. The molecule has 0 radical (unpaired) electrons. The summed E-state index contributed by atoms with van der Waals surface area (Å²) in [6.45, 7) is 8.36. The molecule has 53 heavy (non-hydrogen) atoms. The van der Waals surface area contributed by atoms with Gasteiger partial charge in [-0.25, -0.2) is 9.59 Å². The number of rotatable bonds is 16. The van der Waals surface area contributed by atoms with Crippen molar-refractivity contribution in [3.63, 3.8) is 0 Å². The number of carboxylic acids is 1. The van der Waals surface area contributed by atoms with Crippen molar-refractivity contribution >= 4 is 48.1 Å². The molecule has 0 spiro atoms. The van der Waals surface area contributed by atoms with Gasteiger partial charge in [-0.15, -0.1) is 11.8 Å². The first-order chi connectivity index (χ1) is 25.0. The molecule has 2 amide bonds. The predicted octanol–water partition coefficient (Wildman–Crippen LogP) is 6.95. The van der Waals surface area contributed by atoms with E-state index in [2.05, 4.69) is 23.3 Å². The maximum absolute atomic E-state index is 14.9. The van der Waals surface area contributed by atoms with Crippen LogP contribution >= 0.6 is 24.4 Å². The topological polar surface area (TPSA) is 148 Å². The van der Waals surface area contributed by atoms with Gasteiger partial charge in [0.15, 0.2) is 5.78 Å². The summed E-state index contributed by atoms with van der Waals surface area (Å²) in [5.74, 6) is -3.24. The number of benzene rings is 4. The summed E-state index contributed by atoms with van der Waals surface area (Å²) in [5, 5.41) is 15.1. The van der Waals surface area contributed by atoms with E-state index in [4.69, 9.17) is 10.5 Å². The summed E-state index contributed by atoms with van der Waals surface area (Å²) >= 11 is 5.86. The van der Waals surface area contributed by atoms with Crippen molar-refractivity contribution in [2.75, 3.05) is 5.75 Å². The van der Waals surface area contributed by atoms with Crippen LogP contribution in [0.5, 0.6) is 0 Å². The van der Waals surface area contributed by atoms with Crippen LogP contribution in [-0.2, 0) is 23.9 Å². The highest BCUT2D eigenvalue weighted by atomic mass is 32.2. The molecule has 0 aromatic heterocycles. The average Bonchev–Trinajstić information content (AvgIpc) is 3.12. The lowest BCUT2D eigenvalue weighted by Gasteiger charge is -2.37. The number of aliphatic carboxylic acids is 1. The van der Waals surface area contributed by atoms with E-state index in [9.17, 15) is 24.3 Å². The van der Waals surface area contributed by atoms with Gasteiger partial charge in [-0.2, -0.15) is 12.6 Å². The molecule has 5 N–H and O–H groups in total. The molecular weight excluding hydrogens is 707 g/mol. The highest BCUT2D eigenvalue weighted by Gasteiger charge is 2.41.